The summed E-state index contributed by atoms with van der Waals surface area (Å²) >= 11 is 0. The highest BCUT2D eigenvalue weighted by atomic mass is 16.7. The number of carbonyl (C=O) groups excluding carboxylic acids is 5. The van der Waals surface area contributed by atoms with Gasteiger partial charge in [-0.1, -0.05) is 6.92 Å². The van der Waals surface area contributed by atoms with Crippen LogP contribution in [0.4, 0.5) is 0 Å². The van der Waals surface area contributed by atoms with Crippen LogP contribution in [0.15, 0.2) is 0 Å². The Morgan fingerprint density at radius 2 is 0.933 bits per heavy atom. The molecule has 0 rings (SSSR count). The molecule has 0 bridgehead atoms. The first-order chi connectivity index (χ1) is 14.3. The molecule has 30 heavy (non-hydrogen) atoms. The topological polar surface area (TPSA) is 141 Å². The van der Waals surface area contributed by atoms with E-state index in [1.54, 1.807) is 6.92 Å². The predicted molar refractivity (Wildman–Crippen MR) is 100 cm³/mol. The van der Waals surface area contributed by atoms with Crippen LogP contribution in [-0.2, 0) is 52.4 Å². The summed E-state index contributed by atoms with van der Waals surface area (Å²) in [6.07, 6.45) is 0.0626. The summed E-state index contributed by atoms with van der Waals surface area (Å²) in [7, 11) is 0. The van der Waals surface area contributed by atoms with Gasteiger partial charge < -0.3 is 33.2 Å². The van der Waals surface area contributed by atoms with Crippen LogP contribution in [0.3, 0.4) is 0 Å². The van der Waals surface area contributed by atoms with Crippen molar-refractivity contribution in [3.8, 4) is 0 Å². The second-order valence-electron chi connectivity index (χ2n) is 5.87. The van der Waals surface area contributed by atoms with Crippen molar-refractivity contribution in [1.82, 2.24) is 0 Å². The van der Waals surface area contributed by atoms with Gasteiger partial charge in [0.1, 0.15) is 19.0 Å². The number of ketones is 1. The Bertz CT molecular complexity index is 545. The quantitative estimate of drug-likeness (QED) is 0.130. The van der Waals surface area contributed by atoms with E-state index in [0.717, 1.165) is 0 Å². The van der Waals surface area contributed by atoms with Gasteiger partial charge in [-0.3, -0.25) is 19.2 Å². The van der Waals surface area contributed by atoms with E-state index in [4.69, 9.17) is 18.9 Å². The lowest BCUT2D eigenvalue weighted by atomic mass is 10.2. The zero-order valence-corrected chi connectivity index (χ0v) is 17.5. The first-order valence-electron chi connectivity index (χ1n) is 9.62. The molecule has 11 nitrogen and oxygen atoms in total. The van der Waals surface area contributed by atoms with Crippen LogP contribution in [0.25, 0.3) is 0 Å². The van der Waals surface area contributed by atoms with Crippen molar-refractivity contribution in [2.75, 3.05) is 46.4 Å². The number of Topliss-reactive ketones (excluding diaryl/α,β-unsaturated/α-hetero) is 1. The van der Waals surface area contributed by atoms with E-state index < -0.39 is 30.7 Å². The summed E-state index contributed by atoms with van der Waals surface area (Å²) < 4.78 is 29.4. The van der Waals surface area contributed by atoms with Crippen molar-refractivity contribution < 1.29 is 52.4 Å². The lowest BCUT2D eigenvalue weighted by molar-refractivity contribution is -0.168. The van der Waals surface area contributed by atoms with Gasteiger partial charge in [-0.05, 0) is 6.92 Å². The van der Waals surface area contributed by atoms with Gasteiger partial charge in [0.05, 0.1) is 45.7 Å². The fraction of sp³-hybridized carbons (Fsp3) is 0.737. The molecule has 0 heterocycles. The Morgan fingerprint density at radius 3 is 1.40 bits per heavy atom. The highest BCUT2D eigenvalue weighted by Crippen LogP contribution is 1.97. The highest BCUT2D eigenvalue weighted by molar-refractivity contribution is 5.81. The average molecular weight is 434 g/mol. The third-order valence-electron chi connectivity index (χ3n) is 3.30. The molecule has 0 saturated heterocycles. The molecule has 0 fully saturated rings. The molecule has 0 aromatic carbocycles. The smallest absolute Gasteiger partial charge is 0.309 e. The SMILES string of the molecule is CCC(=O)OCOC(=O)CCC(=O)OCCOCCOCCOC(=O)CCC(C)=O. The zero-order valence-electron chi connectivity index (χ0n) is 17.5. The Kier molecular flexibility index (Phi) is 16.9. The van der Waals surface area contributed by atoms with Gasteiger partial charge in [-0.25, -0.2) is 0 Å². The summed E-state index contributed by atoms with van der Waals surface area (Å²) in [5.74, 6) is -2.25. The number of esters is 4. The number of hydrogen-bond acceptors (Lipinski definition) is 11. The average Bonchev–Trinajstić information content (AvgIpc) is 2.71. The third kappa shape index (κ3) is 18.8. The van der Waals surface area contributed by atoms with Gasteiger partial charge in [0.25, 0.3) is 0 Å². The van der Waals surface area contributed by atoms with E-state index in [2.05, 4.69) is 9.47 Å². The summed E-state index contributed by atoms with van der Waals surface area (Å²) in [5, 5.41) is 0. The number of hydrogen-bond donors (Lipinski definition) is 0. The monoisotopic (exact) mass is 434 g/mol. The number of carbonyl (C=O) groups is 5. The fourth-order valence-corrected chi connectivity index (χ4v) is 1.71. The minimum absolute atomic E-state index is 0.0236. The molecule has 0 aromatic rings. The predicted octanol–water partition coefficient (Wildman–Crippen LogP) is 0.709. The van der Waals surface area contributed by atoms with Crippen molar-refractivity contribution in [3.05, 3.63) is 0 Å². The lowest BCUT2D eigenvalue weighted by Crippen LogP contribution is -2.16. The molecular weight excluding hydrogens is 404 g/mol. The minimum Gasteiger partial charge on any atom is -0.463 e. The molecule has 0 radical (unpaired) electrons. The van der Waals surface area contributed by atoms with E-state index in [1.165, 1.54) is 6.92 Å². The molecule has 0 amide bonds. The second kappa shape index (κ2) is 18.5. The standard InChI is InChI=1S/C19H30O11/c1-3-16(21)29-14-30-19(24)7-6-18(23)28-13-11-26-9-8-25-10-12-27-17(22)5-4-15(2)20/h3-14H2,1-2H3. The Labute approximate surface area is 175 Å². The van der Waals surface area contributed by atoms with Crippen LogP contribution in [0.2, 0.25) is 0 Å². The third-order valence-corrected chi connectivity index (χ3v) is 3.30. The van der Waals surface area contributed by atoms with Crippen LogP contribution in [0, 0.1) is 0 Å². The van der Waals surface area contributed by atoms with Crippen molar-refractivity contribution in [3.63, 3.8) is 0 Å². The van der Waals surface area contributed by atoms with Crippen molar-refractivity contribution in [1.29, 1.82) is 0 Å². The van der Waals surface area contributed by atoms with Gasteiger partial charge in [-0.2, -0.15) is 0 Å². The minimum atomic E-state index is -0.672. The Hall–Kier alpha value is -2.53. The molecule has 0 unspecified atom stereocenters. The highest BCUT2D eigenvalue weighted by Gasteiger charge is 2.10. The van der Waals surface area contributed by atoms with E-state index in [1.807, 2.05) is 0 Å². The van der Waals surface area contributed by atoms with Gasteiger partial charge in [0.15, 0.2) is 0 Å². The summed E-state index contributed by atoms with van der Waals surface area (Å²) in [5.41, 5.74) is 0. The summed E-state index contributed by atoms with van der Waals surface area (Å²) in [6.45, 7) is 3.56. The first-order valence-corrected chi connectivity index (χ1v) is 9.62. The number of rotatable bonds is 18. The maximum Gasteiger partial charge on any atom is 0.309 e. The van der Waals surface area contributed by atoms with Crippen molar-refractivity contribution >= 4 is 29.7 Å². The maximum atomic E-state index is 11.5. The largest absolute Gasteiger partial charge is 0.463 e. The molecular formula is C19H30O11. The Morgan fingerprint density at radius 1 is 0.533 bits per heavy atom. The van der Waals surface area contributed by atoms with Gasteiger partial charge >= 0.3 is 23.9 Å². The second-order valence-corrected chi connectivity index (χ2v) is 5.87. The molecule has 0 saturated carbocycles. The van der Waals surface area contributed by atoms with Crippen LogP contribution in [0.5, 0.6) is 0 Å². The maximum absolute atomic E-state index is 11.5. The zero-order chi connectivity index (χ0) is 22.6. The van der Waals surface area contributed by atoms with Crippen LogP contribution in [0.1, 0.15) is 46.0 Å². The fourth-order valence-electron chi connectivity index (χ4n) is 1.71. The van der Waals surface area contributed by atoms with Crippen molar-refractivity contribution in [2.45, 2.75) is 46.0 Å². The van der Waals surface area contributed by atoms with Gasteiger partial charge in [0.2, 0.25) is 6.79 Å². The molecule has 11 heteroatoms. The molecule has 0 aliphatic carbocycles. The van der Waals surface area contributed by atoms with E-state index in [0.29, 0.717) is 0 Å². The summed E-state index contributed by atoms with van der Waals surface area (Å²) in [4.78, 5) is 55.6. The van der Waals surface area contributed by atoms with E-state index in [-0.39, 0.29) is 77.5 Å². The summed E-state index contributed by atoms with van der Waals surface area (Å²) in [6, 6.07) is 0. The lowest BCUT2D eigenvalue weighted by Gasteiger charge is -2.08. The molecule has 172 valence electrons. The van der Waals surface area contributed by atoms with Crippen LogP contribution < -0.4 is 0 Å². The van der Waals surface area contributed by atoms with Crippen LogP contribution >= 0.6 is 0 Å². The van der Waals surface area contributed by atoms with Gasteiger partial charge in [-0.15, -0.1) is 0 Å². The molecule has 0 aliphatic heterocycles. The van der Waals surface area contributed by atoms with Crippen LogP contribution in [-0.4, -0.2) is 76.1 Å². The Balaban J connectivity index is 3.42. The normalized spacial score (nSPS) is 10.2. The molecule has 0 atom stereocenters. The number of ether oxygens (including phenoxy) is 6. The van der Waals surface area contributed by atoms with E-state index in [9.17, 15) is 24.0 Å². The van der Waals surface area contributed by atoms with E-state index >= 15 is 0 Å². The van der Waals surface area contributed by atoms with Crippen molar-refractivity contribution in [2.24, 2.45) is 0 Å². The molecule has 0 aromatic heterocycles. The molecule has 0 spiro atoms. The van der Waals surface area contributed by atoms with Gasteiger partial charge in [0, 0.05) is 12.8 Å². The first kappa shape index (κ1) is 27.5. The molecule has 0 aliphatic rings. The molecule has 0 N–H and O–H groups in total.